The van der Waals surface area contributed by atoms with Crippen LogP contribution < -0.4 is 5.32 Å². The highest BCUT2D eigenvalue weighted by atomic mass is 79.9. The molecule has 0 saturated heterocycles. The van der Waals surface area contributed by atoms with Crippen molar-refractivity contribution < 1.29 is 0 Å². The fraction of sp³-hybridized carbons (Fsp3) is 0.375. The Hall–Kier alpha value is -1.02. The van der Waals surface area contributed by atoms with Crippen LogP contribution in [0, 0.1) is 5.92 Å². The molecule has 1 N–H and O–H groups in total. The molecule has 0 aromatic heterocycles. The molecule has 0 heterocycles. The van der Waals surface area contributed by atoms with Crippen LogP contribution in [0.3, 0.4) is 0 Å². The van der Waals surface area contributed by atoms with Crippen molar-refractivity contribution in [1.29, 1.82) is 0 Å². The van der Waals surface area contributed by atoms with Gasteiger partial charge in [0.15, 0.2) is 0 Å². The third-order valence-corrected chi connectivity index (χ3v) is 4.51. The molecule has 2 unspecified atom stereocenters. The molecule has 2 atom stereocenters. The fourth-order valence-corrected chi connectivity index (χ4v) is 3.26. The summed E-state index contributed by atoms with van der Waals surface area (Å²) in [5, 5.41) is 6.27. The summed E-state index contributed by atoms with van der Waals surface area (Å²) >= 11 is 3.51. The third kappa shape index (κ3) is 2.39. The lowest BCUT2D eigenvalue weighted by Crippen LogP contribution is -2.21. The molecule has 2 aromatic carbocycles. The Kier molecular flexibility index (Phi) is 3.29. The van der Waals surface area contributed by atoms with Gasteiger partial charge in [-0.05, 0) is 53.8 Å². The lowest BCUT2D eigenvalue weighted by Gasteiger charge is -2.19. The number of anilines is 1. The summed E-state index contributed by atoms with van der Waals surface area (Å²) in [5.74, 6) is 0.797. The maximum absolute atomic E-state index is 3.69. The van der Waals surface area contributed by atoms with Crippen LogP contribution in [0.25, 0.3) is 10.8 Å². The molecule has 3 rings (SSSR count). The zero-order valence-electron chi connectivity index (χ0n) is 10.6. The molecule has 2 heteroatoms. The van der Waals surface area contributed by atoms with E-state index in [1.165, 1.54) is 35.7 Å². The first-order valence-electron chi connectivity index (χ1n) is 6.68. The lowest BCUT2D eigenvalue weighted by molar-refractivity contribution is 0.556. The normalized spacial score (nSPS) is 23.4. The molecular formula is C16H18BrN. The van der Waals surface area contributed by atoms with Crippen molar-refractivity contribution in [2.24, 2.45) is 5.92 Å². The van der Waals surface area contributed by atoms with Crippen LogP contribution in [0.15, 0.2) is 40.9 Å². The topological polar surface area (TPSA) is 12.0 Å². The van der Waals surface area contributed by atoms with E-state index in [1.807, 2.05) is 0 Å². The zero-order valence-corrected chi connectivity index (χ0v) is 12.2. The molecule has 2 aromatic rings. The van der Waals surface area contributed by atoms with Crippen LogP contribution in [0.5, 0.6) is 0 Å². The summed E-state index contributed by atoms with van der Waals surface area (Å²) in [6.07, 6.45) is 4.02. The molecule has 0 radical (unpaired) electrons. The van der Waals surface area contributed by atoms with E-state index in [1.54, 1.807) is 0 Å². The molecule has 94 valence electrons. The van der Waals surface area contributed by atoms with Crippen LogP contribution in [-0.4, -0.2) is 6.04 Å². The van der Waals surface area contributed by atoms with Gasteiger partial charge in [-0.25, -0.2) is 0 Å². The van der Waals surface area contributed by atoms with Gasteiger partial charge in [-0.3, -0.25) is 0 Å². The number of nitrogens with one attached hydrogen (secondary N) is 1. The number of benzene rings is 2. The summed E-state index contributed by atoms with van der Waals surface area (Å²) in [7, 11) is 0. The van der Waals surface area contributed by atoms with Gasteiger partial charge in [0, 0.05) is 16.2 Å². The van der Waals surface area contributed by atoms with E-state index in [-0.39, 0.29) is 0 Å². The quantitative estimate of drug-likeness (QED) is 0.804. The van der Waals surface area contributed by atoms with Crippen molar-refractivity contribution in [2.75, 3.05) is 5.32 Å². The molecule has 1 aliphatic carbocycles. The molecule has 0 spiro atoms. The first kappa shape index (κ1) is 12.0. The van der Waals surface area contributed by atoms with E-state index in [4.69, 9.17) is 0 Å². The molecule has 1 aliphatic rings. The molecule has 1 saturated carbocycles. The minimum Gasteiger partial charge on any atom is -0.382 e. The number of hydrogen-bond acceptors (Lipinski definition) is 1. The zero-order chi connectivity index (χ0) is 12.5. The molecule has 0 aliphatic heterocycles. The van der Waals surface area contributed by atoms with Gasteiger partial charge in [-0.15, -0.1) is 0 Å². The van der Waals surface area contributed by atoms with Gasteiger partial charge in [0.05, 0.1) is 0 Å². The van der Waals surface area contributed by atoms with Gasteiger partial charge in [-0.2, -0.15) is 0 Å². The molecule has 0 bridgehead atoms. The second-order valence-electron chi connectivity index (χ2n) is 5.37. The van der Waals surface area contributed by atoms with E-state index < -0.39 is 0 Å². The standard InChI is InChI=1S/C16H18BrN/c1-11-3-2-4-16(11)18-15-8-6-12-9-14(17)7-5-13(12)10-15/h5-11,16,18H,2-4H2,1H3. The van der Waals surface area contributed by atoms with Gasteiger partial charge >= 0.3 is 0 Å². The smallest absolute Gasteiger partial charge is 0.0348 e. The lowest BCUT2D eigenvalue weighted by atomic mass is 10.1. The molecule has 1 nitrogen and oxygen atoms in total. The monoisotopic (exact) mass is 303 g/mol. The molecular weight excluding hydrogens is 286 g/mol. The summed E-state index contributed by atoms with van der Waals surface area (Å²) in [4.78, 5) is 0. The van der Waals surface area contributed by atoms with E-state index in [0.717, 1.165) is 10.4 Å². The Morgan fingerprint density at radius 3 is 2.61 bits per heavy atom. The van der Waals surface area contributed by atoms with Gasteiger partial charge in [0.2, 0.25) is 0 Å². The van der Waals surface area contributed by atoms with E-state index in [9.17, 15) is 0 Å². The number of halogens is 1. The molecule has 18 heavy (non-hydrogen) atoms. The highest BCUT2D eigenvalue weighted by molar-refractivity contribution is 9.10. The maximum Gasteiger partial charge on any atom is 0.0348 e. The van der Waals surface area contributed by atoms with Crippen molar-refractivity contribution in [2.45, 2.75) is 32.2 Å². The predicted molar refractivity (Wildman–Crippen MR) is 82.1 cm³/mol. The van der Waals surface area contributed by atoms with Crippen LogP contribution >= 0.6 is 15.9 Å². The second-order valence-corrected chi connectivity index (χ2v) is 6.28. The van der Waals surface area contributed by atoms with Crippen molar-refractivity contribution in [3.63, 3.8) is 0 Å². The summed E-state index contributed by atoms with van der Waals surface area (Å²) in [6, 6.07) is 13.7. The summed E-state index contributed by atoms with van der Waals surface area (Å²) in [6.45, 7) is 2.35. The van der Waals surface area contributed by atoms with Gasteiger partial charge < -0.3 is 5.32 Å². The predicted octanol–water partition coefficient (Wildman–Crippen LogP) is 5.20. The van der Waals surface area contributed by atoms with Crippen LogP contribution in [0.4, 0.5) is 5.69 Å². The average Bonchev–Trinajstić information content (AvgIpc) is 2.75. The Morgan fingerprint density at radius 2 is 1.83 bits per heavy atom. The Bertz CT molecular complexity index is 564. The largest absolute Gasteiger partial charge is 0.382 e. The molecule has 1 fully saturated rings. The maximum atomic E-state index is 3.69. The summed E-state index contributed by atoms with van der Waals surface area (Å²) in [5.41, 5.74) is 1.25. The van der Waals surface area contributed by atoms with Crippen molar-refractivity contribution >= 4 is 32.4 Å². The second kappa shape index (κ2) is 4.93. The average molecular weight is 304 g/mol. The summed E-state index contributed by atoms with van der Waals surface area (Å²) < 4.78 is 1.14. The van der Waals surface area contributed by atoms with Crippen molar-refractivity contribution in [3.8, 4) is 0 Å². The first-order valence-corrected chi connectivity index (χ1v) is 7.47. The SMILES string of the molecule is CC1CCCC1Nc1ccc2cc(Br)ccc2c1. The minimum absolute atomic E-state index is 0.651. The first-order chi connectivity index (χ1) is 8.72. The Morgan fingerprint density at radius 1 is 1.06 bits per heavy atom. The van der Waals surface area contributed by atoms with Gasteiger partial charge in [0.1, 0.15) is 0 Å². The number of hydrogen-bond donors (Lipinski definition) is 1. The van der Waals surface area contributed by atoms with E-state index >= 15 is 0 Å². The van der Waals surface area contributed by atoms with Gasteiger partial charge in [0.25, 0.3) is 0 Å². The minimum atomic E-state index is 0.651. The van der Waals surface area contributed by atoms with Crippen LogP contribution in [0.1, 0.15) is 26.2 Å². The van der Waals surface area contributed by atoms with Crippen LogP contribution in [-0.2, 0) is 0 Å². The van der Waals surface area contributed by atoms with Crippen LogP contribution in [0.2, 0.25) is 0 Å². The van der Waals surface area contributed by atoms with Crippen molar-refractivity contribution in [1.82, 2.24) is 0 Å². The molecule has 0 amide bonds. The third-order valence-electron chi connectivity index (χ3n) is 4.02. The fourth-order valence-electron chi connectivity index (χ4n) is 2.88. The van der Waals surface area contributed by atoms with Crippen molar-refractivity contribution in [3.05, 3.63) is 40.9 Å². The number of rotatable bonds is 2. The Labute approximate surface area is 117 Å². The highest BCUT2D eigenvalue weighted by Crippen LogP contribution is 2.29. The van der Waals surface area contributed by atoms with E-state index in [0.29, 0.717) is 6.04 Å². The van der Waals surface area contributed by atoms with Gasteiger partial charge in [-0.1, -0.05) is 41.4 Å². The highest BCUT2D eigenvalue weighted by Gasteiger charge is 2.22. The van der Waals surface area contributed by atoms with E-state index in [2.05, 4.69) is 64.6 Å². The Balaban J connectivity index is 1.86. The number of fused-ring (bicyclic) bond motifs is 1.